The molecule has 0 radical (unpaired) electrons. The van der Waals surface area contributed by atoms with E-state index < -0.39 is 11.6 Å². The van der Waals surface area contributed by atoms with Gasteiger partial charge in [0, 0.05) is 24.0 Å². The minimum Gasteiger partial charge on any atom is -0.330 e. The third-order valence-corrected chi connectivity index (χ3v) is 2.26. The van der Waals surface area contributed by atoms with E-state index in [0.717, 1.165) is 11.6 Å². The Kier molecular flexibility index (Phi) is 3.39. The Balaban J connectivity index is 2.32. The Morgan fingerprint density at radius 1 is 1.00 bits per heavy atom. The van der Waals surface area contributed by atoms with Crippen LogP contribution in [-0.2, 0) is 6.42 Å². The van der Waals surface area contributed by atoms with Crippen molar-refractivity contribution in [3.05, 3.63) is 47.8 Å². The lowest BCUT2D eigenvalue weighted by atomic mass is 10.2. The zero-order chi connectivity index (χ0) is 12.3. The molecule has 88 valence electrons. The summed E-state index contributed by atoms with van der Waals surface area (Å²) in [6.07, 6.45) is 3.90. The van der Waals surface area contributed by atoms with Gasteiger partial charge in [-0.3, -0.25) is 0 Å². The van der Waals surface area contributed by atoms with Crippen LogP contribution in [0.1, 0.15) is 5.56 Å². The van der Waals surface area contributed by atoms with Crippen molar-refractivity contribution < 1.29 is 8.78 Å². The summed E-state index contributed by atoms with van der Waals surface area (Å²) in [5, 5.41) is 0. The Bertz CT molecular complexity index is 491. The predicted octanol–water partition coefficient (Wildman–Crippen LogP) is 1.92. The van der Waals surface area contributed by atoms with Crippen LogP contribution in [0.2, 0.25) is 0 Å². The third-order valence-electron chi connectivity index (χ3n) is 2.26. The monoisotopic (exact) mass is 235 g/mol. The molecule has 1 heterocycles. The number of nitrogens with zero attached hydrogens (tertiary/aromatic N) is 2. The molecule has 0 aliphatic carbocycles. The first kappa shape index (κ1) is 11.6. The van der Waals surface area contributed by atoms with E-state index in [9.17, 15) is 8.78 Å². The zero-order valence-electron chi connectivity index (χ0n) is 9.03. The molecule has 0 atom stereocenters. The van der Waals surface area contributed by atoms with Crippen molar-refractivity contribution in [2.45, 2.75) is 6.42 Å². The molecule has 3 nitrogen and oxygen atoms in total. The first-order valence-electron chi connectivity index (χ1n) is 5.16. The van der Waals surface area contributed by atoms with Gasteiger partial charge in [0.15, 0.2) is 5.82 Å². The summed E-state index contributed by atoms with van der Waals surface area (Å²) in [5.41, 5.74) is 6.61. The molecule has 17 heavy (non-hydrogen) atoms. The highest BCUT2D eigenvalue weighted by atomic mass is 19.1. The van der Waals surface area contributed by atoms with Crippen LogP contribution in [0.3, 0.4) is 0 Å². The highest BCUT2D eigenvalue weighted by Gasteiger charge is 2.05. The van der Waals surface area contributed by atoms with Gasteiger partial charge in [0.25, 0.3) is 0 Å². The molecule has 1 aromatic carbocycles. The molecule has 0 unspecified atom stereocenters. The van der Waals surface area contributed by atoms with E-state index in [2.05, 4.69) is 9.97 Å². The van der Waals surface area contributed by atoms with Gasteiger partial charge >= 0.3 is 0 Å². The van der Waals surface area contributed by atoms with Crippen molar-refractivity contribution in [1.82, 2.24) is 9.97 Å². The molecule has 0 spiro atoms. The quantitative estimate of drug-likeness (QED) is 0.884. The summed E-state index contributed by atoms with van der Waals surface area (Å²) < 4.78 is 26.0. The lowest BCUT2D eigenvalue weighted by Gasteiger charge is -2.02. The fourth-order valence-corrected chi connectivity index (χ4v) is 1.48. The molecule has 2 rings (SSSR count). The van der Waals surface area contributed by atoms with Crippen LogP contribution in [0.4, 0.5) is 8.78 Å². The highest BCUT2D eigenvalue weighted by molar-refractivity contribution is 5.54. The molecular formula is C12H11F2N3. The number of rotatable bonds is 3. The van der Waals surface area contributed by atoms with Gasteiger partial charge < -0.3 is 5.73 Å². The summed E-state index contributed by atoms with van der Waals surface area (Å²) in [4.78, 5) is 8.10. The molecular weight excluding hydrogens is 224 g/mol. The average molecular weight is 235 g/mol. The number of hydrogen-bond acceptors (Lipinski definition) is 3. The lowest BCUT2D eigenvalue weighted by molar-refractivity contribution is 0.584. The fourth-order valence-electron chi connectivity index (χ4n) is 1.48. The van der Waals surface area contributed by atoms with E-state index in [-0.39, 0.29) is 0 Å². The van der Waals surface area contributed by atoms with E-state index in [1.54, 1.807) is 12.4 Å². The predicted molar refractivity (Wildman–Crippen MR) is 60.1 cm³/mol. The van der Waals surface area contributed by atoms with E-state index in [1.165, 1.54) is 12.1 Å². The van der Waals surface area contributed by atoms with E-state index in [0.29, 0.717) is 24.4 Å². The van der Waals surface area contributed by atoms with Crippen LogP contribution in [0.25, 0.3) is 11.4 Å². The van der Waals surface area contributed by atoms with E-state index in [4.69, 9.17) is 5.73 Å². The second-order valence-corrected chi connectivity index (χ2v) is 3.61. The van der Waals surface area contributed by atoms with E-state index >= 15 is 0 Å². The number of nitrogens with two attached hydrogens (primary N) is 1. The number of halogens is 2. The Labute approximate surface area is 97.3 Å². The first-order chi connectivity index (χ1) is 8.19. The maximum absolute atomic E-state index is 13.0. The molecule has 0 aliphatic rings. The minimum atomic E-state index is -0.644. The Morgan fingerprint density at radius 3 is 2.12 bits per heavy atom. The van der Waals surface area contributed by atoms with Crippen molar-refractivity contribution >= 4 is 0 Å². The van der Waals surface area contributed by atoms with Gasteiger partial charge in [-0.1, -0.05) is 0 Å². The molecule has 0 fully saturated rings. The number of hydrogen-bond donors (Lipinski definition) is 1. The fraction of sp³-hybridized carbons (Fsp3) is 0.167. The standard InChI is InChI=1S/C12H11F2N3/c13-10-3-9(4-11(14)5-10)12-16-6-8(1-2-15)7-17-12/h3-7H,1-2,15H2. The SMILES string of the molecule is NCCc1cnc(-c2cc(F)cc(F)c2)nc1. The average Bonchev–Trinajstić information content (AvgIpc) is 2.29. The molecule has 0 saturated carbocycles. The smallest absolute Gasteiger partial charge is 0.159 e. The number of aromatic nitrogens is 2. The molecule has 0 bridgehead atoms. The molecule has 2 N–H and O–H groups in total. The molecule has 0 saturated heterocycles. The summed E-state index contributed by atoms with van der Waals surface area (Å²) in [7, 11) is 0. The lowest BCUT2D eigenvalue weighted by Crippen LogP contribution is -2.03. The van der Waals surface area contributed by atoms with Gasteiger partial charge in [-0.25, -0.2) is 18.7 Å². The number of benzene rings is 1. The van der Waals surface area contributed by atoms with Gasteiger partial charge in [-0.15, -0.1) is 0 Å². The van der Waals surface area contributed by atoms with Crippen LogP contribution < -0.4 is 5.73 Å². The van der Waals surface area contributed by atoms with Crippen LogP contribution in [0.5, 0.6) is 0 Å². The topological polar surface area (TPSA) is 51.8 Å². The van der Waals surface area contributed by atoms with Crippen LogP contribution in [-0.4, -0.2) is 16.5 Å². The third kappa shape index (κ3) is 2.82. The van der Waals surface area contributed by atoms with Crippen LogP contribution in [0, 0.1) is 11.6 Å². The summed E-state index contributed by atoms with van der Waals surface area (Å²) in [5.74, 6) is -0.992. The van der Waals surface area contributed by atoms with Crippen molar-refractivity contribution in [1.29, 1.82) is 0 Å². The van der Waals surface area contributed by atoms with Crippen molar-refractivity contribution in [3.8, 4) is 11.4 Å². The normalized spacial score (nSPS) is 10.5. The zero-order valence-corrected chi connectivity index (χ0v) is 9.03. The largest absolute Gasteiger partial charge is 0.330 e. The van der Waals surface area contributed by atoms with Crippen molar-refractivity contribution in [3.63, 3.8) is 0 Å². The Hall–Kier alpha value is -1.88. The second-order valence-electron chi connectivity index (χ2n) is 3.61. The van der Waals surface area contributed by atoms with Gasteiger partial charge in [-0.2, -0.15) is 0 Å². The molecule has 1 aromatic heterocycles. The van der Waals surface area contributed by atoms with E-state index in [1.807, 2.05) is 0 Å². The Morgan fingerprint density at radius 2 is 1.59 bits per heavy atom. The summed E-state index contributed by atoms with van der Waals surface area (Å²) in [6, 6.07) is 3.20. The molecule has 0 aliphatic heterocycles. The van der Waals surface area contributed by atoms with Crippen molar-refractivity contribution in [2.24, 2.45) is 5.73 Å². The maximum atomic E-state index is 13.0. The van der Waals surface area contributed by atoms with Gasteiger partial charge in [0.2, 0.25) is 0 Å². The second kappa shape index (κ2) is 4.97. The first-order valence-corrected chi connectivity index (χ1v) is 5.16. The summed E-state index contributed by atoms with van der Waals surface area (Å²) in [6.45, 7) is 0.511. The maximum Gasteiger partial charge on any atom is 0.159 e. The highest BCUT2D eigenvalue weighted by Crippen LogP contribution is 2.17. The molecule has 0 amide bonds. The molecule has 2 aromatic rings. The minimum absolute atomic E-state index is 0.296. The van der Waals surface area contributed by atoms with Gasteiger partial charge in [-0.05, 0) is 30.7 Å². The molecule has 5 heteroatoms. The van der Waals surface area contributed by atoms with Crippen LogP contribution in [0.15, 0.2) is 30.6 Å². The van der Waals surface area contributed by atoms with Crippen molar-refractivity contribution in [2.75, 3.05) is 6.54 Å². The summed E-state index contributed by atoms with van der Waals surface area (Å²) >= 11 is 0. The van der Waals surface area contributed by atoms with Gasteiger partial charge in [0.05, 0.1) is 0 Å². The van der Waals surface area contributed by atoms with Crippen LogP contribution >= 0.6 is 0 Å². The van der Waals surface area contributed by atoms with Gasteiger partial charge in [0.1, 0.15) is 11.6 Å².